The van der Waals surface area contributed by atoms with Crippen LogP contribution in [0.1, 0.15) is 35.2 Å². The van der Waals surface area contributed by atoms with Crippen LogP contribution in [-0.4, -0.2) is 4.43 Å². The number of nitrogens with two attached hydrogens (primary N) is 6. The van der Waals surface area contributed by atoms with Crippen LogP contribution in [0.15, 0.2) is 24.3 Å². The van der Waals surface area contributed by atoms with E-state index in [0.717, 1.165) is 36.8 Å². The van der Waals surface area contributed by atoms with Crippen LogP contribution in [0.2, 0.25) is 0 Å². The number of fused-ring (bicyclic) bond motifs is 1. The SMILES string of the molecule is CC(N)c1c(/C(N)=C2\[I-]CCc3cc(N)c(N)cc32)ccc(N)c1N. The minimum atomic E-state index is -0.268. The van der Waals surface area contributed by atoms with Gasteiger partial charge >= 0.3 is 158 Å². The predicted molar refractivity (Wildman–Crippen MR) is 103 cm³/mol. The molecule has 2 aromatic carbocycles. The van der Waals surface area contributed by atoms with E-state index in [4.69, 9.17) is 34.4 Å². The van der Waals surface area contributed by atoms with Gasteiger partial charge in [-0.25, -0.2) is 0 Å². The van der Waals surface area contributed by atoms with Crippen molar-refractivity contribution in [2.24, 2.45) is 11.5 Å². The first-order valence-electron chi connectivity index (χ1n) is 8.02. The molecule has 3 rings (SSSR count). The molecule has 7 heteroatoms. The van der Waals surface area contributed by atoms with Gasteiger partial charge in [-0.1, -0.05) is 0 Å². The predicted octanol–water partition coefficient (Wildman–Crippen LogP) is -1.54. The van der Waals surface area contributed by atoms with Crippen molar-refractivity contribution in [1.29, 1.82) is 0 Å². The van der Waals surface area contributed by atoms with Crippen molar-refractivity contribution in [3.63, 3.8) is 0 Å². The number of alkyl halides is 1. The third kappa shape index (κ3) is 3.09. The molecule has 6 nitrogen and oxygen atoms in total. The molecule has 0 aliphatic carbocycles. The molecule has 0 bridgehead atoms. The van der Waals surface area contributed by atoms with Crippen LogP contribution in [0, 0.1) is 0 Å². The van der Waals surface area contributed by atoms with Crippen molar-refractivity contribution in [1.82, 2.24) is 0 Å². The molecular weight excluding hydrogens is 427 g/mol. The van der Waals surface area contributed by atoms with Gasteiger partial charge in [-0.3, -0.25) is 0 Å². The molecule has 1 unspecified atom stereocenters. The zero-order valence-electron chi connectivity index (χ0n) is 14.1. The number of nitrogen functional groups attached to an aromatic ring is 4. The second-order valence-electron chi connectivity index (χ2n) is 6.26. The fraction of sp³-hybridized carbons (Fsp3) is 0.222. The average molecular weight is 451 g/mol. The average Bonchev–Trinajstić information content (AvgIpc) is 2.56. The topological polar surface area (TPSA) is 156 Å². The normalized spacial score (nSPS) is 17.4. The Morgan fingerprint density at radius 3 is 2.40 bits per heavy atom. The number of anilines is 4. The van der Waals surface area contributed by atoms with Crippen LogP contribution in [0.5, 0.6) is 0 Å². The molecule has 134 valence electrons. The van der Waals surface area contributed by atoms with Gasteiger partial charge in [0.25, 0.3) is 0 Å². The molecule has 25 heavy (non-hydrogen) atoms. The summed E-state index contributed by atoms with van der Waals surface area (Å²) < 4.78 is 2.28. The van der Waals surface area contributed by atoms with E-state index in [-0.39, 0.29) is 27.2 Å². The van der Waals surface area contributed by atoms with Gasteiger partial charge in [0.15, 0.2) is 0 Å². The molecule has 0 saturated carbocycles. The number of aryl methyl sites for hydroxylation is 1. The fourth-order valence-corrected chi connectivity index (χ4v) is 6.13. The molecule has 0 spiro atoms. The van der Waals surface area contributed by atoms with E-state index in [0.29, 0.717) is 22.7 Å². The van der Waals surface area contributed by atoms with E-state index in [1.807, 2.05) is 25.1 Å². The van der Waals surface area contributed by atoms with Crippen LogP contribution in [0.25, 0.3) is 9.28 Å². The van der Waals surface area contributed by atoms with Crippen molar-refractivity contribution < 1.29 is 21.2 Å². The Kier molecular flexibility index (Phi) is 4.70. The molecule has 0 fully saturated rings. The third-order valence-electron chi connectivity index (χ3n) is 4.44. The van der Waals surface area contributed by atoms with Crippen LogP contribution < -0.4 is 55.6 Å². The molecular formula is C18H24IN6-. The summed E-state index contributed by atoms with van der Waals surface area (Å²) in [6.07, 6.45) is 1.01. The number of rotatable bonds is 2. The van der Waals surface area contributed by atoms with Gasteiger partial charge in [0.1, 0.15) is 0 Å². The van der Waals surface area contributed by atoms with Gasteiger partial charge < -0.3 is 0 Å². The Balaban J connectivity index is 2.25. The maximum absolute atomic E-state index is 6.61. The molecule has 1 aliphatic rings. The van der Waals surface area contributed by atoms with E-state index >= 15 is 0 Å². The van der Waals surface area contributed by atoms with Crippen molar-refractivity contribution >= 4 is 32.0 Å². The van der Waals surface area contributed by atoms with E-state index in [1.54, 1.807) is 6.07 Å². The number of halogens is 1. The van der Waals surface area contributed by atoms with E-state index in [2.05, 4.69) is 0 Å². The second kappa shape index (κ2) is 6.64. The van der Waals surface area contributed by atoms with Crippen LogP contribution in [0.3, 0.4) is 0 Å². The zero-order chi connectivity index (χ0) is 18.3. The van der Waals surface area contributed by atoms with E-state index in [1.165, 1.54) is 5.56 Å². The van der Waals surface area contributed by atoms with Crippen LogP contribution in [0.4, 0.5) is 22.7 Å². The number of hydrogen-bond donors (Lipinski definition) is 6. The van der Waals surface area contributed by atoms with Gasteiger partial charge in [-0.2, -0.15) is 0 Å². The summed E-state index contributed by atoms with van der Waals surface area (Å²) in [6, 6.07) is 7.33. The molecule has 2 aromatic rings. The van der Waals surface area contributed by atoms with Crippen LogP contribution >= 0.6 is 0 Å². The first-order valence-corrected chi connectivity index (χ1v) is 10.6. The fourth-order valence-electron chi connectivity index (χ4n) is 3.12. The summed E-state index contributed by atoms with van der Waals surface area (Å²) in [5, 5.41) is 0. The molecule has 0 radical (unpaired) electrons. The number of benzene rings is 2. The Bertz CT molecular complexity index is 872. The summed E-state index contributed by atoms with van der Waals surface area (Å²) in [4.78, 5) is 0. The van der Waals surface area contributed by atoms with Crippen LogP contribution in [-0.2, 0) is 6.42 Å². The molecule has 12 N–H and O–H groups in total. The van der Waals surface area contributed by atoms with Crippen molar-refractivity contribution in [2.45, 2.75) is 19.4 Å². The van der Waals surface area contributed by atoms with E-state index in [9.17, 15) is 0 Å². The van der Waals surface area contributed by atoms with Gasteiger partial charge in [-0.15, -0.1) is 0 Å². The quantitative estimate of drug-likeness (QED) is 0.185. The third-order valence-corrected chi connectivity index (χ3v) is 7.44. The van der Waals surface area contributed by atoms with Crippen molar-refractivity contribution in [2.75, 3.05) is 27.4 Å². The minimum absolute atomic E-state index is 0.234. The molecule has 1 atom stereocenters. The maximum atomic E-state index is 6.61. The first kappa shape index (κ1) is 17.7. The monoisotopic (exact) mass is 451 g/mol. The summed E-state index contributed by atoms with van der Waals surface area (Å²) in [6.45, 7) is 1.88. The standard InChI is InChI=1S/C18H24IN6/c1-8(20)15-10(2-3-12(21)18(15)25)17(24)16-11-7-14(23)13(22)6-9(11)4-5-19-16/h2-3,6-8H,4-5,20-25H2,1H3/q-1/b17-16+. The molecule has 0 saturated heterocycles. The van der Waals surface area contributed by atoms with Crippen molar-refractivity contribution in [3.8, 4) is 0 Å². The Morgan fingerprint density at radius 1 is 1.04 bits per heavy atom. The molecule has 0 amide bonds. The van der Waals surface area contributed by atoms with Gasteiger partial charge in [0.2, 0.25) is 0 Å². The summed E-state index contributed by atoms with van der Waals surface area (Å²) in [5.41, 5.74) is 43.8. The second-order valence-corrected chi connectivity index (χ2v) is 9.18. The molecule has 0 aromatic heterocycles. The Hall–Kier alpha value is -2.13. The summed E-state index contributed by atoms with van der Waals surface area (Å²) in [5.74, 6) is 0. The van der Waals surface area contributed by atoms with Gasteiger partial charge in [-0.05, 0) is 0 Å². The molecule has 1 heterocycles. The summed E-state index contributed by atoms with van der Waals surface area (Å²) >= 11 is -0.234. The number of hydrogen-bond acceptors (Lipinski definition) is 6. The van der Waals surface area contributed by atoms with Gasteiger partial charge in [0, 0.05) is 0 Å². The Labute approximate surface area is 157 Å². The van der Waals surface area contributed by atoms with Gasteiger partial charge in [0.05, 0.1) is 0 Å². The first-order chi connectivity index (χ1) is 11.8. The zero-order valence-corrected chi connectivity index (χ0v) is 16.3. The molecule has 1 aliphatic heterocycles. The summed E-state index contributed by atoms with van der Waals surface area (Å²) in [7, 11) is 0. The Morgan fingerprint density at radius 2 is 1.72 bits per heavy atom. The van der Waals surface area contributed by atoms with Crippen molar-refractivity contribution in [3.05, 3.63) is 46.5 Å². The van der Waals surface area contributed by atoms with E-state index < -0.39 is 0 Å².